The molecule has 96 valence electrons. The van der Waals surface area contributed by atoms with Crippen molar-refractivity contribution >= 4 is 5.91 Å². The van der Waals surface area contributed by atoms with Gasteiger partial charge in [0.2, 0.25) is 5.91 Å². The minimum atomic E-state index is -1.32. The number of rotatable bonds is 3. The molecule has 5 atom stereocenters. The van der Waals surface area contributed by atoms with E-state index in [1.54, 1.807) is 6.92 Å². The number of nitrogens with zero attached hydrogens (tertiary/aromatic N) is 3. The highest BCUT2D eigenvalue weighted by molar-refractivity contribution is 5.73. The molecule has 1 aliphatic heterocycles. The Morgan fingerprint density at radius 1 is 1.59 bits per heavy atom. The number of aliphatic hydroxyl groups excluding tert-OH is 2. The summed E-state index contributed by atoms with van der Waals surface area (Å²) in [4.78, 5) is 13.5. The number of ether oxygens (including phenoxy) is 1. The van der Waals surface area contributed by atoms with Crippen LogP contribution in [-0.2, 0) is 9.53 Å². The number of carbonyl (C=O) groups is 1. The zero-order valence-corrected chi connectivity index (χ0v) is 9.65. The summed E-state index contributed by atoms with van der Waals surface area (Å²) in [5.41, 5.74) is 8.21. The van der Waals surface area contributed by atoms with Crippen LogP contribution >= 0.6 is 0 Å². The highest BCUT2D eigenvalue weighted by Gasteiger charge is 2.42. The van der Waals surface area contributed by atoms with Gasteiger partial charge in [0.05, 0.1) is 18.8 Å². The van der Waals surface area contributed by atoms with E-state index in [0.717, 1.165) is 0 Å². The molecule has 0 aromatic heterocycles. The molecule has 1 heterocycles. The highest BCUT2D eigenvalue weighted by atomic mass is 16.6. The molecular weight excluding hydrogens is 228 g/mol. The van der Waals surface area contributed by atoms with Crippen molar-refractivity contribution in [3.63, 3.8) is 0 Å². The SMILES string of the molecule is CC(=O)N[C@H]1C(O)O[C@@H](CN=[N+]=[N-])[C@H](C)[C@@H]1O. The van der Waals surface area contributed by atoms with Gasteiger partial charge in [-0.25, -0.2) is 0 Å². The summed E-state index contributed by atoms with van der Waals surface area (Å²) < 4.78 is 5.20. The summed E-state index contributed by atoms with van der Waals surface area (Å²) in [6, 6.07) is -0.871. The number of hydrogen-bond acceptors (Lipinski definition) is 5. The minimum absolute atomic E-state index is 0.0264. The average Bonchev–Trinajstić information content (AvgIpc) is 2.27. The lowest BCUT2D eigenvalue weighted by Gasteiger charge is -2.41. The molecule has 0 saturated carbocycles. The van der Waals surface area contributed by atoms with Gasteiger partial charge in [-0.1, -0.05) is 12.0 Å². The van der Waals surface area contributed by atoms with Gasteiger partial charge >= 0.3 is 0 Å². The van der Waals surface area contributed by atoms with Gasteiger partial charge < -0.3 is 20.3 Å². The van der Waals surface area contributed by atoms with E-state index < -0.39 is 24.5 Å². The van der Waals surface area contributed by atoms with E-state index in [9.17, 15) is 15.0 Å². The third-order valence-corrected chi connectivity index (χ3v) is 2.81. The Morgan fingerprint density at radius 2 is 2.24 bits per heavy atom. The van der Waals surface area contributed by atoms with Crippen molar-refractivity contribution < 1.29 is 19.7 Å². The Kier molecular flexibility index (Phi) is 4.71. The summed E-state index contributed by atoms with van der Waals surface area (Å²) in [5, 5.41) is 25.3. The molecule has 0 radical (unpaired) electrons. The molecule has 0 spiro atoms. The lowest BCUT2D eigenvalue weighted by atomic mass is 9.89. The Bertz CT molecular complexity index is 331. The van der Waals surface area contributed by atoms with Gasteiger partial charge in [0.1, 0.15) is 6.04 Å². The minimum Gasteiger partial charge on any atom is -0.390 e. The zero-order chi connectivity index (χ0) is 13.0. The second-order valence-corrected chi connectivity index (χ2v) is 4.05. The predicted molar refractivity (Wildman–Crippen MR) is 57.7 cm³/mol. The molecule has 3 N–H and O–H groups in total. The number of carbonyl (C=O) groups excluding carboxylic acids is 1. The maximum atomic E-state index is 10.9. The average molecular weight is 244 g/mol. The molecule has 1 rings (SSSR count). The van der Waals surface area contributed by atoms with Gasteiger partial charge in [-0.05, 0) is 5.53 Å². The van der Waals surface area contributed by atoms with E-state index in [4.69, 9.17) is 10.3 Å². The number of aliphatic hydroxyl groups is 2. The molecule has 1 unspecified atom stereocenters. The van der Waals surface area contributed by atoms with Gasteiger partial charge in [-0.2, -0.15) is 0 Å². The van der Waals surface area contributed by atoms with Crippen LogP contribution in [0.25, 0.3) is 10.4 Å². The van der Waals surface area contributed by atoms with E-state index in [-0.39, 0.29) is 18.4 Å². The van der Waals surface area contributed by atoms with Crippen LogP contribution in [-0.4, -0.2) is 47.2 Å². The van der Waals surface area contributed by atoms with Crippen molar-refractivity contribution in [2.24, 2.45) is 11.0 Å². The lowest BCUT2D eigenvalue weighted by molar-refractivity contribution is -0.225. The fourth-order valence-corrected chi connectivity index (χ4v) is 1.82. The quantitative estimate of drug-likeness (QED) is 0.351. The van der Waals surface area contributed by atoms with Crippen LogP contribution in [0.1, 0.15) is 13.8 Å². The Balaban J connectivity index is 2.71. The zero-order valence-electron chi connectivity index (χ0n) is 9.65. The summed E-state index contributed by atoms with van der Waals surface area (Å²) in [6.07, 6.45) is -2.84. The van der Waals surface area contributed by atoms with E-state index in [1.165, 1.54) is 6.92 Å². The molecule has 1 amide bonds. The molecule has 1 fully saturated rings. The molecular formula is C9H16N4O4. The van der Waals surface area contributed by atoms with Crippen molar-refractivity contribution in [2.45, 2.75) is 38.4 Å². The lowest BCUT2D eigenvalue weighted by Crippen LogP contribution is -2.60. The van der Waals surface area contributed by atoms with Gasteiger partial charge in [-0.15, -0.1) is 0 Å². The maximum Gasteiger partial charge on any atom is 0.217 e. The van der Waals surface area contributed by atoms with E-state index in [0.29, 0.717) is 0 Å². The molecule has 8 heteroatoms. The van der Waals surface area contributed by atoms with Crippen LogP contribution in [0.4, 0.5) is 0 Å². The first-order valence-corrected chi connectivity index (χ1v) is 5.27. The molecule has 0 aliphatic carbocycles. The predicted octanol–water partition coefficient (Wildman–Crippen LogP) is -0.484. The van der Waals surface area contributed by atoms with E-state index >= 15 is 0 Å². The third-order valence-electron chi connectivity index (χ3n) is 2.81. The Labute approximate surface area is 98.2 Å². The van der Waals surface area contributed by atoms with Gasteiger partial charge in [0, 0.05) is 17.8 Å². The van der Waals surface area contributed by atoms with Gasteiger partial charge in [-0.3, -0.25) is 4.79 Å². The number of hydrogen-bond donors (Lipinski definition) is 3. The van der Waals surface area contributed by atoms with Gasteiger partial charge in [0.25, 0.3) is 0 Å². The normalized spacial score (nSPS) is 37.1. The second kappa shape index (κ2) is 5.83. The fraction of sp³-hybridized carbons (Fsp3) is 0.889. The van der Waals surface area contributed by atoms with Crippen molar-refractivity contribution in [1.29, 1.82) is 0 Å². The van der Waals surface area contributed by atoms with Crippen LogP contribution in [0.15, 0.2) is 5.11 Å². The number of azide groups is 1. The topological polar surface area (TPSA) is 128 Å². The second-order valence-electron chi connectivity index (χ2n) is 4.05. The van der Waals surface area contributed by atoms with Crippen molar-refractivity contribution in [1.82, 2.24) is 5.32 Å². The van der Waals surface area contributed by atoms with Crippen LogP contribution < -0.4 is 5.32 Å². The Morgan fingerprint density at radius 3 is 2.76 bits per heavy atom. The third kappa shape index (κ3) is 3.31. The molecule has 17 heavy (non-hydrogen) atoms. The van der Waals surface area contributed by atoms with Gasteiger partial charge in [0.15, 0.2) is 6.29 Å². The summed E-state index contributed by atoms with van der Waals surface area (Å²) in [6.45, 7) is 3.01. The monoisotopic (exact) mass is 244 g/mol. The summed E-state index contributed by atoms with van der Waals surface area (Å²) >= 11 is 0. The fourth-order valence-electron chi connectivity index (χ4n) is 1.82. The van der Waals surface area contributed by atoms with Crippen LogP contribution in [0.5, 0.6) is 0 Å². The first kappa shape index (κ1) is 13.7. The largest absolute Gasteiger partial charge is 0.390 e. The molecule has 0 aromatic carbocycles. The smallest absolute Gasteiger partial charge is 0.217 e. The standard InChI is InChI=1S/C9H16N4O4/c1-4-6(3-11-13-10)17-9(16)7(8(4)15)12-5(2)14/h4,6-9,15-16H,3H2,1-2H3,(H,12,14)/t4-,6-,7+,8-,9?/m0/s1. The molecule has 0 bridgehead atoms. The Hall–Kier alpha value is -1.34. The summed E-state index contributed by atoms with van der Waals surface area (Å²) in [5.74, 6) is -0.724. The van der Waals surface area contributed by atoms with Crippen molar-refractivity contribution in [3.8, 4) is 0 Å². The van der Waals surface area contributed by atoms with E-state index in [2.05, 4.69) is 15.3 Å². The van der Waals surface area contributed by atoms with Crippen LogP contribution in [0.3, 0.4) is 0 Å². The van der Waals surface area contributed by atoms with Crippen LogP contribution in [0, 0.1) is 5.92 Å². The first-order chi connectivity index (χ1) is 7.97. The van der Waals surface area contributed by atoms with Crippen molar-refractivity contribution in [2.75, 3.05) is 6.54 Å². The van der Waals surface area contributed by atoms with E-state index in [1.807, 2.05) is 0 Å². The number of amides is 1. The highest BCUT2D eigenvalue weighted by Crippen LogP contribution is 2.25. The maximum absolute atomic E-state index is 10.9. The molecule has 1 saturated heterocycles. The molecule has 1 aliphatic rings. The van der Waals surface area contributed by atoms with Crippen molar-refractivity contribution in [3.05, 3.63) is 10.4 Å². The molecule has 8 nitrogen and oxygen atoms in total. The number of nitrogens with one attached hydrogen (secondary N) is 1. The molecule has 0 aromatic rings. The van der Waals surface area contributed by atoms with Crippen LogP contribution in [0.2, 0.25) is 0 Å². The first-order valence-electron chi connectivity index (χ1n) is 5.27. The summed E-state index contributed by atoms with van der Waals surface area (Å²) in [7, 11) is 0.